The second-order valence-corrected chi connectivity index (χ2v) is 6.17. The maximum atomic E-state index is 4.75. The molecule has 2 heterocycles. The van der Waals surface area contributed by atoms with E-state index in [1.165, 1.54) is 43.5 Å². The third-order valence-corrected chi connectivity index (χ3v) is 4.27. The quantitative estimate of drug-likeness (QED) is 0.901. The van der Waals surface area contributed by atoms with E-state index >= 15 is 0 Å². The predicted octanol–water partition coefficient (Wildman–Crippen LogP) is 3.02. The molecule has 0 aromatic carbocycles. The monoisotopic (exact) mass is 259 g/mol. The van der Waals surface area contributed by atoms with E-state index in [-0.39, 0.29) is 0 Å². The fourth-order valence-electron chi connectivity index (χ4n) is 2.96. The van der Waals surface area contributed by atoms with Crippen molar-refractivity contribution in [3.63, 3.8) is 0 Å². The van der Waals surface area contributed by atoms with Crippen LogP contribution in [-0.4, -0.2) is 23.6 Å². The summed E-state index contributed by atoms with van der Waals surface area (Å²) in [4.78, 5) is 7.23. The van der Waals surface area contributed by atoms with Gasteiger partial charge in [0.25, 0.3) is 0 Å². The third kappa shape index (κ3) is 3.27. The largest absolute Gasteiger partial charge is 0.354 e. The SMILES string of the molecule is Cc1cc(CNC2CC2)cc(N2CCCCC2C)n1. The minimum Gasteiger partial charge on any atom is -0.354 e. The summed E-state index contributed by atoms with van der Waals surface area (Å²) >= 11 is 0. The Balaban J connectivity index is 1.75. The third-order valence-electron chi connectivity index (χ3n) is 4.27. The van der Waals surface area contributed by atoms with Crippen molar-refractivity contribution in [1.82, 2.24) is 10.3 Å². The lowest BCUT2D eigenvalue weighted by molar-refractivity contribution is 0.480. The molecule has 1 aliphatic carbocycles. The predicted molar refractivity (Wildman–Crippen MR) is 79.5 cm³/mol. The van der Waals surface area contributed by atoms with Crippen molar-refractivity contribution in [2.75, 3.05) is 11.4 Å². The number of aryl methyl sites for hydroxylation is 1. The number of nitrogens with one attached hydrogen (secondary N) is 1. The molecule has 1 unspecified atom stereocenters. The number of hydrogen-bond donors (Lipinski definition) is 1. The fraction of sp³-hybridized carbons (Fsp3) is 0.688. The molecule has 1 N–H and O–H groups in total. The summed E-state index contributed by atoms with van der Waals surface area (Å²) in [6.45, 7) is 6.58. The van der Waals surface area contributed by atoms with Crippen molar-refractivity contribution in [3.8, 4) is 0 Å². The average Bonchev–Trinajstić information content (AvgIpc) is 3.20. The zero-order valence-corrected chi connectivity index (χ0v) is 12.2. The fourth-order valence-corrected chi connectivity index (χ4v) is 2.96. The molecule has 2 fully saturated rings. The zero-order valence-electron chi connectivity index (χ0n) is 12.2. The number of pyridine rings is 1. The summed E-state index contributed by atoms with van der Waals surface area (Å²) in [6, 6.07) is 5.90. The first-order valence-corrected chi connectivity index (χ1v) is 7.70. The van der Waals surface area contributed by atoms with Crippen LogP contribution in [0.1, 0.15) is 50.3 Å². The molecule has 0 radical (unpaired) electrons. The molecular weight excluding hydrogens is 234 g/mol. The molecule has 1 aliphatic heterocycles. The molecule has 2 aliphatic rings. The first-order valence-electron chi connectivity index (χ1n) is 7.70. The minimum absolute atomic E-state index is 0.632. The van der Waals surface area contributed by atoms with Gasteiger partial charge in [-0.3, -0.25) is 0 Å². The minimum atomic E-state index is 0.632. The summed E-state index contributed by atoms with van der Waals surface area (Å²) in [6.07, 6.45) is 6.65. The van der Waals surface area contributed by atoms with Gasteiger partial charge in [0.2, 0.25) is 0 Å². The molecule has 3 rings (SSSR count). The Kier molecular flexibility index (Phi) is 3.74. The topological polar surface area (TPSA) is 28.2 Å². The molecule has 3 nitrogen and oxygen atoms in total. The van der Waals surface area contributed by atoms with Crippen molar-refractivity contribution >= 4 is 5.82 Å². The molecule has 0 amide bonds. The summed E-state index contributed by atoms with van der Waals surface area (Å²) in [5.41, 5.74) is 2.52. The standard InChI is InChI=1S/C16H25N3/c1-12-9-14(11-17-15-6-7-15)10-16(18-12)19-8-4-3-5-13(19)2/h9-10,13,15,17H,3-8,11H2,1-2H3. The second-order valence-electron chi connectivity index (χ2n) is 6.17. The van der Waals surface area contributed by atoms with Crippen LogP contribution in [0, 0.1) is 6.92 Å². The Bertz CT molecular complexity index is 440. The van der Waals surface area contributed by atoms with Gasteiger partial charge in [0.1, 0.15) is 5.82 Å². The summed E-state index contributed by atoms with van der Waals surface area (Å²) in [5.74, 6) is 1.18. The molecule has 1 atom stereocenters. The van der Waals surface area contributed by atoms with Gasteiger partial charge in [0.05, 0.1) is 0 Å². The van der Waals surface area contributed by atoms with Gasteiger partial charge in [-0.25, -0.2) is 4.98 Å². The first-order chi connectivity index (χ1) is 9.22. The maximum Gasteiger partial charge on any atom is 0.129 e. The van der Waals surface area contributed by atoms with Gasteiger partial charge in [-0.2, -0.15) is 0 Å². The Hall–Kier alpha value is -1.09. The van der Waals surface area contributed by atoms with Crippen molar-refractivity contribution in [2.24, 2.45) is 0 Å². The van der Waals surface area contributed by atoms with Crippen molar-refractivity contribution in [2.45, 2.75) is 64.6 Å². The number of rotatable bonds is 4. The van der Waals surface area contributed by atoms with Gasteiger partial charge in [-0.15, -0.1) is 0 Å². The Morgan fingerprint density at radius 1 is 1.26 bits per heavy atom. The van der Waals surface area contributed by atoms with Crippen LogP contribution in [0.4, 0.5) is 5.82 Å². The van der Waals surface area contributed by atoms with Gasteiger partial charge in [-0.1, -0.05) is 0 Å². The van der Waals surface area contributed by atoms with E-state index in [0.717, 1.165) is 24.8 Å². The Labute approximate surface area is 116 Å². The van der Waals surface area contributed by atoms with Crippen LogP contribution >= 0.6 is 0 Å². The zero-order chi connectivity index (χ0) is 13.2. The number of hydrogen-bond acceptors (Lipinski definition) is 3. The van der Waals surface area contributed by atoms with E-state index in [2.05, 4.69) is 36.2 Å². The van der Waals surface area contributed by atoms with E-state index in [0.29, 0.717) is 6.04 Å². The highest BCUT2D eigenvalue weighted by Crippen LogP contribution is 2.25. The van der Waals surface area contributed by atoms with Crippen LogP contribution < -0.4 is 10.2 Å². The van der Waals surface area contributed by atoms with Gasteiger partial charge in [0, 0.05) is 30.9 Å². The lowest BCUT2D eigenvalue weighted by atomic mass is 10.0. The molecule has 0 spiro atoms. The van der Waals surface area contributed by atoms with Crippen molar-refractivity contribution < 1.29 is 0 Å². The van der Waals surface area contributed by atoms with Crippen molar-refractivity contribution in [3.05, 3.63) is 23.4 Å². The van der Waals surface area contributed by atoms with Crippen LogP contribution in [0.15, 0.2) is 12.1 Å². The molecule has 1 saturated heterocycles. The molecule has 3 heteroatoms. The Morgan fingerprint density at radius 3 is 2.84 bits per heavy atom. The van der Waals surface area contributed by atoms with Crippen molar-refractivity contribution in [1.29, 1.82) is 0 Å². The molecule has 1 aromatic rings. The highest BCUT2D eigenvalue weighted by atomic mass is 15.2. The average molecular weight is 259 g/mol. The Morgan fingerprint density at radius 2 is 2.11 bits per heavy atom. The molecule has 104 valence electrons. The molecule has 0 bridgehead atoms. The summed E-state index contributed by atoms with van der Waals surface area (Å²) < 4.78 is 0. The van der Waals surface area contributed by atoms with Crippen LogP contribution in [-0.2, 0) is 6.54 Å². The number of anilines is 1. The number of nitrogens with zero attached hydrogens (tertiary/aromatic N) is 2. The molecule has 19 heavy (non-hydrogen) atoms. The van der Waals surface area contributed by atoms with Crippen LogP contribution in [0.25, 0.3) is 0 Å². The summed E-state index contributed by atoms with van der Waals surface area (Å²) in [5, 5.41) is 3.60. The lowest BCUT2D eigenvalue weighted by Gasteiger charge is -2.34. The highest BCUT2D eigenvalue weighted by molar-refractivity contribution is 5.44. The van der Waals surface area contributed by atoms with Gasteiger partial charge in [0.15, 0.2) is 0 Å². The van der Waals surface area contributed by atoms with Crippen LogP contribution in [0.2, 0.25) is 0 Å². The van der Waals surface area contributed by atoms with E-state index in [4.69, 9.17) is 4.98 Å². The van der Waals surface area contributed by atoms with E-state index in [9.17, 15) is 0 Å². The smallest absolute Gasteiger partial charge is 0.129 e. The van der Waals surface area contributed by atoms with E-state index < -0.39 is 0 Å². The summed E-state index contributed by atoms with van der Waals surface area (Å²) in [7, 11) is 0. The van der Waals surface area contributed by atoms with Gasteiger partial charge < -0.3 is 10.2 Å². The van der Waals surface area contributed by atoms with E-state index in [1.54, 1.807) is 0 Å². The highest BCUT2D eigenvalue weighted by Gasteiger charge is 2.22. The maximum absolute atomic E-state index is 4.75. The normalized spacial score (nSPS) is 23.7. The van der Waals surface area contributed by atoms with Crippen LogP contribution in [0.5, 0.6) is 0 Å². The number of aromatic nitrogens is 1. The first kappa shape index (κ1) is 12.9. The molecular formula is C16H25N3. The van der Waals surface area contributed by atoms with Gasteiger partial charge >= 0.3 is 0 Å². The lowest BCUT2D eigenvalue weighted by Crippen LogP contribution is -2.38. The number of piperidine rings is 1. The molecule has 1 saturated carbocycles. The van der Waals surface area contributed by atoms with Gasteiger partial charge in [-0.05, 0) is 63.6 Å². The molecule has 1 aromatic heterocycles. The second kappa shape index (κ2) is 5.49. The van der Waals surface area contributed by atoms with Crippen LogP contribution in [0.3, 0.4) is 0 Å². The van der Waals surface area contributed by atoms with E-state index in [1.807, 2.05) is 0 Å².